The molecule has 0 unspecified atom stereocenters. The lowest BCUT2D eigenvalue weighted by molar-refractivity contribution is 0.0943. The standard InChI is InChI=1S/C15H19ClN4O2/c1-10-9-11(2)20(19-10)13-6-5-12(16)14(18-13)15(21)17-7-4-8-22-3/h5-6,9H,4,7-8H2,1-3H3,(H,17,21). The number of ether oxygens (including phenoxy) is 1. The fourth-order valence-electron chi connectivity index (χ4n) is 2.07. The van der Waals surface area contributed by atoms with Gasteiger partial charge in [0.05, 0.1) is 10.7 Å². The number of carbonyl (C=O) groups is 1. The van der Waals surface area contributed by atoms with E-state index >= 15 is 0 Å². The Morgan fingerprint density at radius 1 is 1.41 bits per heavy atom. The van der Waals surface area contributed by atoms with E-state index in [0.717, 1.165) is 17.8 Å². The van der Waals surface area contributed by atoms with Crippen molar-refractivity contribution in [3.05, 3.63) is 40.3 Å². The van der Waals surface area contributed by atoms with E-state index in [2.05, 4.69) is 15.4 Å². The van der Waals surface area contributed by atoms with Crippen molar-refractivity contribution in [3.8, 4) is 5.82 Å². The third-order valence-corrected chi connectivity index (χ3v) is 3.39. The molecule has 0 atom stereocenters. The van der Waals surface area contributed by atoms with E-state index in [1.165, 1.54) is 0 Å². The van der Waals surface area contributed by atoms with Gasteiger partial charge in [0.15, 0.2) is 5.82 Å². The van der Waals surface area contributed by atoms with Crippen molar-refractivity contribution < 1.29 is 9.53 Å². The molecule has 0 fully saturated rings. The molecular weight excluding hydrogens is 304 g/mol. The molecule has 0 saturated heterocycles. The molecule has 0 saturated carbocycles. The Balaban J connectivity index is 2.20. The second-order valence-corrected chi connectivity index (χ2v) is 5.35. The fourth-order valence-corrected chi connectivity index (χ4v) is 2.26. The quantitative estimate of drug-likeness (QED) is 0.829. The first kappa shape index (κ1) is 16.5. The second-order valence-electron chi connectivity index (χ2n) is 4.94. The van der Waals surface area contributed by atoms with Crippen LogP contribution in [-0.2, 0) is 4.74 Å². The number of aryl methyl sites for hydroxylation is 2. The van der Waals surface area contributed by atoms with Crippen molar-refractivity contribution >= 4 is 17.5 Å². The number of methoxy groups -OCH3 is 1. The first-order valence-electron chi connectivity index (χ1n) is 7.00. The van der Waals surface area contributed by atoms with Gasteiger partial charge in [0.1, 0.15) is 5.69 Å². The summed E-state index contributed by atoms with van der Waals surface area (Å²) in [7, 11) is 1.62. The Labute approximate surface area is 134 Å². The monoisotopic (exact) mass is 322 g/mol. The van der Waals surface area contributed by atoms with Gasteiger partial charge >= 0.3 is 0 Å². The smallest absolute Gasteiger partial charge is 0.271 e. The normalized spacial score (nSPS) is 10.7. The van der Waals surface area contributed by atoms with Crippen molar-refractivity contribution in [2.24, 2.45) is 0 Å². The van der Waals surface area contributed by atoms with E-state index in [-0.39, 0.29) is 11.6 Å². The fraction of sp³-hybridized carbons (Fsp3) is 0.400. The zero-order valence-electron chi connectivity index (χ0n) is 12.9. The van der Waals surface area contributed by atoms with Gasteiger partial charge in [0.2, 0.25) is 0 Å². The highest BCUT2D eigenvalue weighted by atomic mass is 35.5. The third kappa shape index (κ3) is 3.84. The molecule has 2 heterocycles. The highest BCUT2D eigenvalue weighted by molar-refractivity contribution is 6.33. The third-order valence-electron chi connectivity index (χ3n) is 3.08. The van der Waals surface area contributed by atoms with Gasteiger partial charge in [0, 0.05) is 26.0 Å². The van der Waals surface area contributed by atoms with Crippen LogP contribution in [0.4, 0.5) is 0 Å². The number of amides is 1. The molecule has 0 aliphatic carbocycles. The van der Waals surface area contributed by atoms with Crippen molar-refractivity contribution in [2.45, 2.75) is 20.3 Å². The zero-order chi connectivity index (χ0) is 16.1. The van der Waals surface area contributed by atoms with Gasteiger partial charge in [0.25, 0.3) is 5.91 Å². The summed E-state index contributed by atoms with van der Waals surface area (Å²) in [5.41, 5.74) is 2.03. The van der Waals surface area contributed by atoms with Gasteiger partial charge in [-0.05, 0) is 38.5 Å². The van der Waals surface area contributed by atoms with Crippen LogP contribution in [0.15, 0.2) is 18.2 Å². The predicted octanol–water partition coefficient (Wildman–Crippen LogP) is 2.30. The molecule has 6 nitrogen and oxygen atoms in total. The number of aromatic nitrogens is 3. The van der Waals surface area contributed by atoms with Crippen LogP contribution in [-0.4, -0.2) is 40.9 Å². The molecule has 0 aromatic carbocycles. The van der Waals surface area contributed by atoms with Crippen LogP contribution < -0.4 is 5.32 Å². The maximum Gasteiger partial charge on any atom is 0.271 e. The summed E-state index contributed by atoms with van der Waals surface area (Å²) in [6, 6.07) is 5.34. The predicted molar refractivity (Wildman–Crippen MR) is 84.7 cm³/mol. The number of nitrogens with zero attached hydrogens (tertiary/aromatic N) is 3. The number of carbonyl (C=O) groups excluding carboxylic acids is 1. The summed E-state index contributed by atoms with van der Waals surface area (Å²) in [6.07, 6.45) is 0.733. The number of nitrogens with one attached hydrogen (secondary N) is 1. The van der Waals surface area contributed by atoms with Gasteiger partial charge in [-0.25, -0.2) is 9.67 Å². The van der Waals surface area contributed by atoms with Crippen LogP contribution >= 0.6 is 11.6 Å². The molecule has 0 bridgehead atoms. The van der Waals surface area contributed by atoms with E-state index < -0.39 is 0 Å². The molecule has 1 N–H and O–H groups in total. The second kappa shape index (κ2) is 7.38. The minimum absolute atomic E-state index is 0.198. The van der Waals surface area contributed by atoms with E-state index in [1.54, 1.807) is 23.9 Å². The molecule has 0 radical (unpaired) electrons. The lowest BCUT2D eigenvalue weighted by Crippen LogP contribution is -2.26. The minimum Gasteiger partial charge on any atom is -0.385 e. The first-order valence-corrected chi connectivity index (χ1v) is 7.38. The maximum absolute atomic E-state index is 12.2. The zero-order valence-corrected chi connectivity index (χ0v) is 13.6. The summed E-state index contributed by atoms with van der Waals surface area (Å²) in [4.78, 5) is 16.5. The molecule has 2 aromatic rings. The van der Waals surface area contributed by atoms with E-state index in [0.29, 0.717) is 24.0 Å². The Hall–Kier alpha value is -1.92. The summed E-state index contributed by atoms with van der Waals surface area (Å²) in [5.74, 6) is 0.265. The Bertz CT molecular complexity index is 670. The average molecular weight is 323 g/mol. The molecular formula is C15H19ClN4O2. The lowest BCUT2D eigenvalue weighted by Gasteiger charge is -2.09. The number of pyridine rings is 1. The average Bonchev–Trinajstić information content (AvgIpc) is 2.82. The summed E-state index contributed by atoms with van der Waals surface area (Å²) >= 11 is 6.09. The summed E-state index contributed by atoms with van der Waals surface area (Å²) in [5, 5.41) is 7.45. The topological polar surface area (TPSA) is 69.0 Å². The maximum atomic E-state index is 12.2. The van der Waals surface area contributed by atoms with Gasteiger partial charge < -0.3 is 10.1 Å². The molecule has 7 heteroatoms. The van der Waals surface area contributed by atoms with Crippen LogP contribution in [0, 0.1) is 13.8 Å². The molecule has 22 heavy (non-hydrogen) atoms. The Morgan fingerprint density at radius 2 is 2.18 bits per heavy atom. The summed E-state index contributed by atoms with van der Waals surface area (Å²) < 4.78 is 6.63. The van der Waals surface area contributed by atoms with Gasteiger partial charge in [-0.1, -0.05) is 11.6 Å². The molecule has 1 amide bonds. The lowest BCUT2D eigenvalue weighted by atomic mass is 10.3. The van der Waals surface area contributed by atoms with Crippen LogP contribution in [0.5, 0.6) is 0 Å². The highest BCUT2D eigenvalue weighted by Crippen LogP contribution is 2.17. The Kier molecular flexibility index (Phi) is 5.51. The number of rotatable bonds is 6. The number of hydrogen-bond acceptors (Lipinski definition) is 4. The van der Waals surface area contributed by atoms with Gasteiger partial charge in [-0.15, -0.1) is 0 Å². The van der Waals surface area contributed by atoms with E-state index in [1.807, 2.05) is 19.9 Å². The summed E-state index contributed by atoms with van der Waals surface area (Å²) in [6.45, 7) is 4.94. The molecule has 118 valence electrons. The van der Waals surface area contributed by atoms with Crippen LogP contribution in [0.3, 0.4) is 0 Å². The van der Waals surface area contributed by atoms with Crippen LogP contribution in [0.25, 0.3) is 5.82 Å². The number of halogens is 1. The molecule has 2 rings (SSSR count). The van der Waals surface area contributed by atoms with Crippen molar-refractivity contribution in [1.82, 2.24) is 20.1 Å². The molecule has 0 aliphatic heterocycles. The van der Waals surface area contributed by atoms with Crippen LogP contribution in [0.2, 0.25) is 5.02 Å². The van der Waals surface area contributed by atoms with Crippen molar-refractivity contribution in [2.75, 3.05) is 20.3 Å². The van der Waals surface area contributed by atoms with E-state index in [9.17, 15) is 4.79 Å². The first-order chi connectivity index (χ1) is 10.5. The van der Waals surface area contributed by atoms with Crippen LogP contribution in [0.1, 0.15) is 28.3 Å². The largest absolute Gasteiger partial charge is 0.385 e. The van der Waals surface area contributed by atoms with E-state index in [4.69, 9.17) is 16.3 Å². The minimum atomic E-state index is -0.301. The molecule has 0 spiro atoms. The molecule has 2 aromatic heterocycles. The highest BCUT2D eigenvalue weighted by Gasteiger charge is 2.14. The number of hydrogen-bond donors (Lipinski definition) is 1. The molecule has 0 aliphatic rings. The van der Waals surface area contributed by atoms with Gasteiger partial charge in [-0.3, -0.25) is 4.79 Å². The Morgan fingerprint density at radius 3 is 2.82 bits per heavy atom. The van der Waals surface area contributed by atoms with Crippen molar-refractivity contribution in [1.29, 1.82) is 0 Å². The van der Waals surface area contributed by atoms with Gasteiger partial charge in [-0.2, -0.15) is 5.10 Å². The van der Waals surface area contributed by atoms with Crippen molar-refractivity contribution in [3.63, 3.8) is 0 Å². The SMILES string of the molecule is COCCCNC(=O)c1nc(-n2nc(C)cc2C)ccc1Cl.